The molecule has 2 N–H and O–H groups in total. The monoisotopic (exact) mass is 623 g/mol. The SMILES string of the molecule is COc1cc2nn(C3CCN(Cc4ccc(N5CCC(=O)NC5=O)nn4)CC3)cc2cc1NC(=O)c1ccc(C(F)(F)F)nc1. The lowest BCUT2D eigenvalue weighted by molar-refractivity contribution is -0.141. The Bertz CT molecular complexity index is 1730. The second-order valence-electron chi connectivity index (χ2n) is 10.7. The van der Waals surface area contributed by atoms with E-state index < -0.39 is 23.8 Å². The number of nitrogens with one attached hydrogen (secondary N) is 2. The Labute approximate surface area is 254 Å². The molecular formula is C29H28F3N9O4. The number of piperidine rings is 1. The summed E-state index contributed by atoms with van der Waals surface area (Å²) in [6.07, 6.45) is 0.0750. The van der Waals surface area contributed by atoms with Gasteiger partial charge in [0.15, 0.2) is 5.82 Å². The molecule has 0 atom stereocenters. The van der Waals surface area contributed by atoms with E-state index in [1.54, 1.807) is 18.2 Å². The number of carbonyl (C=O) groups excluding carboxylic acids is 3. The summed E-state index contributed by atoms with van der Waals surface area (Å²) in [4.78, 5) is 43.2. The average Bonchev–Trinajstić information content (AvgIpc) is 3.44. The maximum Gasteiger partial charge on any atom is 0.433 e. The number of amides is 4. The molecule has 2 fully saturated rings. The zero-order valence-electron chi connectivity index (χ0n) is 24.0. The van der Waals surface area contributed by atoms with Gasteiger partial charge in [-0.2, -0.15) is 23.4 Å². The number of anilines is 2. The number of benzene rings is 1. The number of fused-ring (bicyclic) bond motifs is 1. The first-order valence-corrected chi connectivity index (χ1v) is 14.1. The maximum absolute atomic E-state index is 12.8. The first kappa shape index (κ1) is 29.9. The van der Waals surface area contributed by atoms with Crippen LogP contribution in [0, 0.1) is 0 Å². The number of imide groups is 1. The largest absolute Gasteiger partial charge is 0.494 e. The molecular weight excluding hydrogens is 595 g/mol. The second-order valence-corrected chi connectivity index (χ2v) is 10.7. The fraction of sp³-hybridized carbons (Fsp3) is 0.345. The van der Waals surface area contributed by atoms with Gasteiger partial charge in [-0.15, -0.1) is 5.10 Å². The van der Waals surface area contributed by atoms with E-state index in [2.05, 4.69) is 30.7 Å². The molecule has 0 aliphatic carbocycles. The molecule has 5 heterocycles. The fourth-order valence-electron chi connectivity index (χ4n) is 5.35. The van der Waals surface area contributed by atoms with Crippen molar-refractivity contribution in [3.63, 3.8) is 0 Å². The van der Waals surface area contributed by atoms with Crippen molar-refractivity contribution < 1.29 is 32.3 Å². The topological polar surface area (TPSA) is 147 Å². The zero-order chi connectivity index (χ0) is 31.7. The number of carbonyl (C=O) groups is 3. The number of likely N-dealkylation sites (tertiary alicyclic amines) is 1. The number of alkyl halides is 3. The van der Waals surface area contributed by atoms with E-state index in [0.29, 0.717) is 29.3 Å². The van der Waals surface area contributed by atoms with Crippen LogP contribution in [0.25, 0.3) is 10.9 Å². The molecule has 0 unspecified atom stereocenters. The molecule has 13 nitrogen and oxygen atoms in total. The van der Waals surface area contributed by atoms with Gasteiger partial charge in [0.05, 0.1) is 35.6 Å². The van der Waals surface area contributed by atoms with Crippen LogP contribution in [0.4, 0.5) is 29.5 Å². The van der Waals surface area contributed by atoms with Crippen LogP contribution < -0.4 is 20.3 Å². The van der Waals surface area contributed by atoms with Crippen molar-refractivity contribution in [3.8, 4) is 5.75 Å². The highest BCUT2D eigenvalue weighted by Crippen LogP contribution is 2.33. The van der Waals surface area contributed by atoms with Crippen molar-refractivity contribution in [1.82, 2.24) is 35.2 Å². The van der Waals surface area contributed by atoms with Crippen molar-refractivity contribution in [2.75, 3.05) is 37.0 Å². The fourth-order valence-corrected chi connectivity index (χ4v) is 5.35. The molecule has 2 saturated heterocycles. The number of nitrogens with zero attached hydrogens (tertiary/aromatic N) is 7. The minimum absolute atomic E-state index is 0.0263. The molecule has 4 amide bonds. The van der Waals surface area contributed by atoms with Gasteiger partial charge in [-0.05, 0) is 43.2 Å². The Morgan fingerprint density at radius 2 is 1.89 bits per heavy atom. The summed E-state index contributed by atoms with van der Waals surface area (Å²) in [5, 5.41) is 18.9. The molecule has 6 rings (SSSR count). The molecule has 1 aromatic carbocycles. The van der Waals surface area contributed by atoms with Crippen molar-refractivity contribution in [1.29, 1.82) is 0 Å². The smallest absolute Gasteiger partial charge is 0.433 e. The Hall–Kier alpha value is -5.12. The maximum atomic E-state index is 12.8. The van der Waals surface area contributed by atoms with Gasteiger partial charge < -0.3 is 10.1 Å². The van der Waals surface area contributed by atoms with Crippen LogP contribution in [-0.4, -0.2) is 74.5 Å². The minimum atomic E-state index is -4.60. The summed E-state index contributed by atoms with van der Waals surface area (Å²) in [5.74, 6) is -0.180. The van der Waals surface area contributed by atoms with Gasteiger partial charge in [0, 0.05) is 56.4 Å². The first-order valence-electron chi connectivity index (χ1n) is 14.1. The van der Waals surface area contributed by atoms with Crippen LogP contribution in [0.1, 0.15) is 47.1 Å². The van der Waals surface area contributed by atoms with Gasteiger partial charge in [0.2, 0.25) is 5.91 Å². The van der Waals surface area contributed by atoms with Gasteiger partial charge in [-0.3, -0.25) is 34.4 Å². The number of hydrogen-bond acceptors (Lipinski definition) is 9. The van der Waals surface area contributed by atoms with Crippen LogP contribution in [0.3, 0.4) is 0 Å². The summed E-state index contributed by atoms with van der Waals surface area (Å²) in [5.41, 5.74) is 0.686. The lowest BCUT2D eigenvalue weighted by atomic mass is 10.1. The molecule has 0 bridgehead atoms. The predicted molar refractivity (Wildman–Crippen MR) is 155 cm³/mol. The van der Waals surface area contributed by atoms with E-state index in [9.17, 15) is 27.6 Å². The standard InChI is InChI=1S/C29H28F3N9O4/c1-45-23-13-21-18(12-22(23)34-27(43)17-2-4-24(33-14-17)29(30,31)32)15-41(38-21)20-6-9-39(10-7-20)16-19-3-5-25(37-36-19)40-11-8-26(42)35-28(40)44/h2-5,12-15,20H,6-11,16H2,1H3,(H,34,43)(H,35,42,44). The molecule has 45 heavy (non-hydrogen) atoms. The van der Waals surface area contributed by atoms with Gasteiger partial charge in [0.25, 0.3) is 5.91 Å². The second kappa shape index (κ2) is 12.1. The molecule has 3 aromatic heterocycles. The third-order valence-electron chi connectivity index (χ3n) is 7.76. The number of halogens is 3. The van der Waals surface area contributed by atoms with Crippen LogP contribution >= 0.6 is 0 Å². The highest BCUT2D eigenvalue weighted by molar-refractivity contribution is 6.06. The molecule has 0 saturated carbocycles. The number of pyridine rings is 1. The quantitative estimate of drug-likeness (QED) is 0.314. The number of hydrogen-bond donors (Lipinski definition) is 2. The molecule has 0 spiro atoms. The molecule has 2 aliphatic heterocycles. The Kier molecular flexibility index (Phi) is 8.05. The van der Waals surface area contributed by atoms with Crippen molar-refractivity contribution in [2.45, 2.75) is 38.0 Å². The predicted octanol–water partition coefficient (Wildman–Crippen LogP) is 3.78. The van der Waals surface area contributed by atoms with Crippen molar-refractivity contribution in [2.24, 2.45) is 0 Å². The van der Waals surface area contributed by atoms with E-state index in [4.69, 9.17) is 9.84 Å². The summed E-state index contributed by atoms with van der Waals surface area (Å²) in [7, 11) is 1.45. The summed E-state index contributed by atoms with van der Waals surface area (Å²) < 4.78 is 45.9. The molecule has 16 heteroatoms. The Morgan fingerprint density at radius 1 is 1.09 bits per heavy atom. The number of methoxy groups -OCH3 is 1. The number of aromatic nitrogens is 5. The third-order valence-corrected chi connectivity index (χ3v) is 7.76. The van der Waals surface area contributed by atoms with E-state index in [0.717, 1.165) is 55.3 Å². The van der Waals surface area contributed by atoms with Crippen LogP contribution in [0.2, 0.25) is 0 Å². The normalized spacial score (nSPS) is 16.6. The summed E-state index contributed by atoms with van der Waals surface area (Å²) in [6.45, 7) is 2.46. The van der Waals surface area contributed by atoms with Crippen molar-refractivity contribution >= 4 is 40.3 Å². The Morgan fingerprint density at radius 3 is 2.53 bits per heavy atom. The zero-order valence-corrected chi connectivity index (χ0v) is 24.0. The molecule has 4 aromatic rings. The average molecular weight is 624 g/mol. The van der Waals surface area contributed by atoms with E-state index >= 15 is 0 Å². The third kappa shape index (κ3) is 6.55. The van der Waals surface area contributed by atoms with Crippen LogP contribution in [-0.2, 0) is 17.5 Å². The first-order chi connectivity index (χ1) is 21.6. The molecule has 234 valence electrons. The van der Waals surface area contributed by atoms with E-state index in [-0.39, 0.29) is 30.5 Å². The van der Waals surface area contributed by atoms with Gasteiger partial charge >= 0.3 is 12.2 Å². The highest BCUT2D eigenvalue weighted by Gasteiger charge is 2.32. The van der Waals surface area contributed by atoms with Crippen LogP contribution in [0.5, 0.6) is 5.75 Å². The summed E-state index contributed by atoms with van der Waals surface area (Å²) >= 11 is 0. The number of ether oxygens (including phenoxy) is 1. The Balaban J connectivity index is 1.07. The van der Waals surface area contributed by atoms with Gasteiger partial charge in [-0.25, -0.2) is 4.79 Å². The lowest BCUT2D eigenvalue weighted by Crippen LogP contribution is -2.50. The molecule has 0 radical (unpaired) electrons. The lowest BCUT2D eigenvalue weighted by Gasteiger charge is -2.31. The van der Waals surface area contributed by atoms with Crippen LogP contribution in [0.15, 0.2) is 48.8 Å². The minimum Gasteiger partial charge on any atom is -0.494 e. The molecule has 2 aliphatic rings. The van der Waals surface area contributed by atoms with E-state index in [1.807, 2.05) is 16.9 Å². The summed E-state index contributed by atoms with van der Waals surface area (Å²) in [6, 6.07) is 8.45. The van der Waals surface area contributed by atoms with Gasteiger partial charge in [0.1, 0.15) is 11.4 Å². The number of urea groups is 1. The highest BCUT2D eigenvalue weighted by atomic mass is 19.4. The van der Waals surface area contributed by atoms with E-state index in [1.165, 1.54) is 12.0 Å². The van der Waals surface area contributed by atoms with Gasteiger partial charge in [-0.1, -0.05) is 0 Å². The number of rotatable bonds is 7. The van der Waals surface area contributed by atoms with Crippen molar-refractivity contribution in [3.05, 3.63) is 65.7 Å².